The summed E-state index contributed by atoms with van der Waals surface area (Å²) in [6.45, 7) is 11.0. The maximum atomic E-state index is 12.8. The molecule has 32 heavy (non-hydrogen) atoms. The van der Waals surface area contributed by atoms with Crippen LogP contribution >= 0.6 is 23.2 Å². The Bertz CT molecular complexity index is 927. The number of hydrogen-bond donors (Lipinski definition) is 1. The third-order valence-corrected chi connectivity index (χ3v) is 6.32. The molecule has 1 N–H and O–H groups in total. The van der Waals surface area contributed by atoms with Gasteiger partial charge in [0.05, 0.1) is 17.2 Å². The summed E-state index contributed by atoms with van der Waals surface area (Å²) in [5.41, 5.74) is 2.66. The van der Waals surface area contributed by atoms with Crippen molar-refractivity contribution in [3.05, 3.63) is 51.5 Å². The molecule has 0 bridgehead atoms. The van der Waals surface area contributed by atoms with E-state index < -0.39 is 0 Å². The molecule has 2 aromatic carbocycles. The van der Waals surface area contributed by atoms with E-state index in [0.717, 1.165) is 17.7 Å². The number of nitrogens with one attached hydrogen (secondary N) is 1. The number of nitrogens with zero attached hydrogens (tertiary/aromatic N) is 2. The first-order chi connectivity index (χ1) is 15.2. The monoisotopic (exact) mass is 479 g/mol. The van der Waals surface area contributed by atoms with Crippen molar-refractivity contribution >= 4 is 34.9 Å². The highest BCUT2D eigenvalue weighted by Gasteiger charge is 2.25. The number of carbonyl (C=O) groups is 1. The van der Waals surface area contributed by atoms with E-state index in [1.807, 2.05) is 12.1 Å². The maximum absolute atomic E-state index is 12.8. The Hall–Kier alpha value is -2.15. The lowest BCUT2D eigenvalue weighted by Crippen LogP contribution is -2.39. The Morgan fingerprint density at radius 3 is 2.16 bits per heavy atom. The average molecular weight is 480 g/mol. The molecule has 0 fully saturated rings. The van der Waals surface area contributed by atoms with E-state index in [1.54, 1.807) is 30.2 Å². The fraction of sp³-hybridized carbons (Fsp3) is 0.458. The zero-order chi connectivity index (χ0) is 23.4. The van der Waals surface area contributed by atoms with Gasteiger partial charge in [-0.05, 0) is 63.1 Å². The van der Waals surface area contributed by atoms with Crippen molar-refractivity contribution in [2.75, 3.05) is 25.6 Å². The standard InChI is InChI=1S/C24H31Cl2N3O3/c1-15(2)29(16(3)4)8-9-32-23-12-19(6-7-22(23)31-5)27-24(30)28-13-17-10-20(25)21(26)11-18(17)14-28/h6-7,10-12,15-16H,8-9,13-14H2,1-5H3,(H,27,30). The van der Waals surface area contributed by atoms with Crippen LogP contribution in [0.2, 0.25) is 10.0 Å². The minimum absolute atomic E-state index is 0.199. The maximum Gasteiger partial charge on any atom is 0.322 e. The molecule has 0 saturated carbocycles. The average Bonchev–Trinajstić information content (AvgIpc) is 3.14. The molecule has 3 rings (SSSR count). The Kier molecular flexibility index (Phi) is 8.15. The number of halogens is 2. The van der Waals surface area contributed by atoms with Gasteiger partial charge < -0.3 is 19.7 Å². The summed E-state index contributed by atoms with van der Waals surface area (Å²) in [4.78, 5) is 16.9. The third-order valence-electron chi connectivity index (χ3n) is 5.60. The Morgan fingerprint density at radius 1 is 1.03 bits per heavy atom. The number of anilines is 1. The first kappa shape index (κ1) is 24.5. The zero-order valence-electron chi connectivity index (χ0n) is 19.2. The number of ether oxygens (including phenoxy) is 2. The highest BCUT2D eigenvalue weighted by Crippen LogP contribution is 2.33. The Labute approximate surface area is 200 Å². The van der Waals surface area contributed by atoms with Gasteiger partial charge in [0.25, 0.3) is 0 Å². The largest absolute Gasteiger partial charge is 0.493 e. The molecule has 1 heterocycles. The van der Waals surface area contributed by atoms with Gasteiger partial charge >= 0.3 is 6.03 Å². The van der Waals surface area contributed by atoms with Crippen molar-refractivity contribution in [1.29, 1.82) is 0 Å². The molecule has 0 spiro atoms. The number of benzene rings is 2. The van der Waals surface area contributed by atoms with Gasteiger partial charge in [-0.2, -0.15) is 0 Å². The summed E-state index contributed by atoms with van der Waals surface area (Å²) in [5.74, 6) is 1.22. The van der Waals surface area contributed by atoms with Gasteiger partial charge in [-0.1, -0.05) is 23.2 Å². The van der Waals surface area contributed by atoms with E-state index in [-0.39, 0.29) is 6.03 Å². The van der Waals surface area contributed by atoms with Crippen molar-refractivity contribution in [2.45, 2.75) is 52.9 Å². The highest BCUT2D eigenvalue weighted by molar-refractivity contribution is 6.42. The van der Waals surface area contributed by atoms with E-state index in [2.05, 4.69) is 37.9 Å². The predicted molar refractivity (Wildman–Crippen MR) is 130 cm³/mol. The number of amides is 2. The van der Waals surface area contributed by atoms with Gasteiger partial charge in [-0.3, -0.25) is 4.90 Å². The van der Waals surface area contributed by atoms with Gasteiger partial charge in [-0.25, -0.2) is 4.79 Å². The van der Waals surface area contributed by atoms with Crippen LogP contribution in [0.15, 0.2) is 30.3 Å². The molecule has 2 amide bonds. The molecule has 0 unspecified atom stereocenters. The number of hydrogen-bond acceptors (Lipinski definition) is 4. The first-order valence-corrected chi connectivity index (χ1v) is 11.5. The molecule has 0 atom stereocenters. The first-order valence-electron chi connectivity index (χ1n) is 10.8. The smallest absolute Gasteiger partial charge is 0.322 e. The van der Waals surface area contributed by atoms with Crippen LogP contribution in [0.5, 0.6) is 11.5 Å². The number of fused-ring (bicyclic) bond motifs is 1. The van der Waals surface area contributed by atoms with Gasteiger partial charge in [0, 0.05) is 43.5 Å². The predicted octanol–water partition coefficient (Wildman–Crippen LogP) is 6.05. The van der Waals surface area contributed by atoms with Gasteiger partial charge in [-0.15, -0.1) is 0 Å². The Morgan fingerprint density at radius 2 is 1.62 bits per heavy atom. The van der Waals surface area contributed by atoms with Crippen molar-refractivity contribution in [2.24, 2.45) is 0 Å². The molecule has 0 radical (unpaired) electrons. The summed E-state index contributed by atoms with van der Waals surface area (Å²) < 4.78 is 11.5. The van der Waals surface area contributed by atoms with Crippen LogP contribution in [0.3, 0.4) is 0 Å². The minimum Gasteiger partial charge on any atom is -0.493 e. The molecule has 1 aliphatic heterocycles. The summed E-state index contributed by atoms with van der Waals surface area (Å²) in [6, 6.07) is 9.70. The number of carbonyl (C=O) groups excluding carboxylic acids is 1. The summed E-state index contributed by atoms with van der Waals surface area (Å²) in [7, 11) is 1.60. The Balaban J connectivity index is 1.64. The van der Waals surface area contributed by atoms with Crippen LogP contribution in [0.4, 0.5) is 10.5 Å². The fourth-order valence-corrected chi connectivity index (χ4v) is 4.35. The summed E-state index contributed by atoms with van der Waals surface area (Å²) in [5, 5.41) is 3.95. The second kappa shape index (κ2) is 10.6. The van der Waals surface area contributed by atoms with Crippen LogP contribution < -0.4 is 14.8 Å². The van der Waals surface area contributed by atoms with E-state index >= 15 is 0 Å². The van der Waals surface area contributed by atoms with Crippen LogP contribution in [-0.4, -0.2) is 48.2 Å². The zero-order valence-corrected chi connectivity index (χ0v) is 20.8. The molecule has 2 aromatic rings. The lowest BCUT2D eigenvalue weighted by Gasteiger charge is -2.30. The molecule has 0 saturated heterocycles. The second-order valence-electron chi connectivity index (χ2n) is 8.46. The molecule has 6 nitrogen and oxygen atoms in total. The minimum atomic E-state index is -0.199. The number of methoxy groups -OCH3 is 1. The van der Waals surface area contributed by atoms with Crippen molar-refractivity contribution in [3.8, 4) is 11.5 Å². The highest BCUT2D eigenvalue weighted by atomic mass is 35.5. The molecule has 0 aliphatic carbocycles. The lowest BCUT2D eigenvalue weighted by atomic mass is 10.1. The summed E-state index contributed by atoms with van der Waals surface area (Å²) in [6.07, 6.45) is 0. The third kappa shape index (κ3) is 5.80. The molecule has 174 valence electrons. The topological polar surface area (TPSA) is 54.0 Å². The van der Waals surface area contributed by atoms with Crippen LogP contribution in [-0.2, 0) is 13.1 Å². The molecular formula is C24H31Cl2N3O3. The number of urea groups is 1. The second-order valence-corrected chi connectivity index (χ2v) is 9.28. The van der Waals surface area contributed by atoms with E-state index in [1.165, 1.54) is 0 Å². The molecule has 0 aromatic heterocycles. The quantitative estimate of drug-likeness (QED) is 0.500. The van der Waals surface area contributed by atoms with E-state index in [9.17, 15) is 4.79 Å². The van der Waals surface area contributed by atoms with Gasteiger partial charge in [0.15, 0.2) is 11.5 Å². The SMILES string of the molecule is COc1ccc(NC(=O)N2Cc3cc(Cl)c(Cl)cc3C2)cc1OCCN(C(C)C)C(C)C. The van der Waals surface area contributed by atoms with Crippen LogP contribution in [0, 0.1) is 0 Å². The lowest BCUT2D eigenvalue weighted by molar-refractivity contribution is 0.140. The fourth-order valence-electron chi connectivity index (χ4n) is 3.98. The number of rotatable bonds is 8. The van der Waals surface area contributed by atoms with E-state index in [0.29, 0.717) is 59.0 Å². The molecule has 8 heteroatoms. The van der Waals surface area contributed by atoms with E-state index in [4.69, 9.17) is 32.7 Å². The molecular weight excluding hydrogens is 449 g/mol. The summed E-state index contributed by atoms with van der Waals surface area (Å²) >= 11 is 12.2. The van der Waals surface area contributed by atoms with Crippen LogP contribution in [0.1, 0.15) is 38.8 Å². The van der Waals surface area contributed by atoms with Crippen molar-refractivity contribution in [3.63, 3.8) is 0 Å². The van der Waals surface area contributed by atoms with Crippen LogP contribution in [0.25, 0.3) is 0 Å². The normalized spacial score (nSPS) is 13.1. The van der Waals surface area contributed by atoms with Crippen molar-refractivity contribution < 1.29 is 14.3 Å². The van der Waals surface area contributed by atoms with Gasteiger partial charge in [0.2, 0.25) is 0 Å². The van der Waals surface area contributed by atoms with Crippen molar-refractivity contribution in [1.82, 2.24) is 9.80 Å². The molecule has 1 aliphatic rings. The van der Waals surface area contributed by atoms with Gasteiger partial charge in [0.1, 0.15) is 6.61 Å².